The Morgan fingerprint density at radius 1 is 1.10 bits per heavy atom. The predicted molar refractivity (Wildman–Crippen MR) is 152 cm³/mol. The third-order valence-corrected chi connectivity index (χ3v) is 7.93. The lowest BCUT2D eigenvalue weighted by Gasteiger charge is -2.32. The number of aromatic carboxylic acids is 1. The van der Waals surface area contributed by atoms with E-state index < -0.39 is 5.97 Å². The van der Waals surface area contributed by atoms with Gasteiger partial charge in [0, 0.05) is 41.0 Å². The van der Waals surface area contributed by atoms with Gasteiger partial charge < -0.3 is 10.2 Å². The van der Waals surface area contributed by atoms with Crippen molar-refractivity contribution in [3.63, 3.8) is 0 Å². The molecule has 3 heterocycles. The Hall–Kier alpha value is -4.21. The third kappa shape index (κ3) is 4.94. The van der Waals surface area contributed by atoms with Crippen LogP contribution < -0.4 is 4.90 Å². The van der Waals surface area contributed by atoms with E-state index in [4.69, 9.17) is 0 Å². The van der Waals surface area contributed by atoms with E-state index in [-0.39, 0.29) is 35.1 Å². The Morgan fingerprint density at radius 3 is 2.38 bits per heavy atom. The van der Waals surface area contributed by atoms with Gasteiger partial charge in [0.25, 0.3) is 0 Å². The number of benzene rings is 1. The van der Waals surface area contributed by atoms with Crippen LogP contribution in [0, 0.1) is 18.8 Å². The quantitative estimate of drug-likeness (QED) is 0.318. The lowest BCUT2D eigenvalue weighted by molar-refractivity contribution is -0.124. The molecule has 0 unspecified atom stereocenters. The molecule has 1 saturated carbocycles. The molecule has 1 amide bonds. The summed E-state index contributed by atoms with van der Waals surface area (Å²) in [7, 11) is 0. The van der Waals surface area contributed by atoms with Crippen LogP contribution in [0.15, 0.2) is 36.5 Å². The molecular formula is C30H36N6O4. The first kappa shape index (κ1) is 27.4. The summed E-state index contributed by atoms with van der Waals surface area (Å²) >= 11 is 0. The molecule has 1 fully saturated rings. The van der Waals surface area contributed by atoms with Crippen molar-refractivity contribution in [3.8, 4) is 22.8 Å². The van der Waals surface area contributed by atoms with Crippen molar-refractivity contribution >= 4 is 23.3 Å². The molecule has 10 nitrogen and oxygen atoms in total. The van der Waals surface area contributed by atoms with Gasteiger partial charge in [0.05, 0.1) is 11.4 Å². The number of carboxylic acid groups (broad SMARTS) is 1. The minimum atomic E-state index is -1.13. The number of hydrogen-bond donors (Lipinski definition) is 2. The Labute approximate surface area is 233 Å². The summed E-state index contributed by atoms with van der Waals surface area (Å²) < 4.78 is 2.95. The number of aromatic nitrogens is 5. The average Bonchev–Trinajstić information content (AvgIpc) is 3.55. The summed E-state index contributed by atoms with van der Waals surface area (Å²) in [5, 5.41) is 29.8. The lowest BCUT2D eigenvalue weighted by atomic mass is 9.82. The molecule has 1 aliphatic rings. The topological polar surface area (TPSA) is 126 Å². The number of amides is 1. The van der Waals surface area contributed by atoms with Crippen molar-refractivity contribution < 1.29 is 19.8 Å². The highest BCUT2D eigenvalue weighted by atomic mass is 16.4. The maximum atomic E-state index is 13.6. The number of fused-ring (bicyclic) bond motifs is 1. The zero-order valence-electron chi connectivity index (χ0n) is 23.6. The molecule has 5 rings (SSSR count). The van der Waals surface area contributed by atoms with Gasteiger partial charge in [-0.05, 0) is 70.9 Å². The van der Waals surface area contributed by atoms with Gasteiger partial charge in [-0.2, -0.15) is 9.61 Å². The van der Waals surface area contributed by atoms with Gasteiger partial charge in [0.15, 0.2) is 11.5 Å². The van der Waals surface area contributed by atoms with Crippen LogP contribution in [0.4, 0.5) is 5.82 Å². The van der Waals surface area contributed by atoms with Gasteiger partial charge in [-0.1, -0.05) is 26.0 Å². The highest BCUT2D eigenvalue weighted by Crippen LogP contribution is 2.33. The van der Waals surface area contributed by atoms with Crippen LogP contribution >= 0.6 is 0 Å². The normalized spacial score (nSPS) is 17.4. The number of carbonyl (C=O) groups excluding carboxylic acids is 1. The van der Waals surface area contributed by atoms with Gasteiger partial charge in [-0.25, -0.2) is 14.5 Å². The summed E-state index contributed by atoms with van der Waals surface area (Å²) in [4.78, 5) is 31.9. The highest BCUT2D eigenvalue weighted by molar-refractivity contribution is 6.01. The first-order chi connectivity index (χ1) is 19.1. The number of anilines is 1. The fraction of sp³-hybridized carbons (Fsp3) is 0.433. The van der Waals surface area contributed by atoms with E-state index in [0.29, 0.717) is 29.4 Å². The summed E-state index contributed by atoms with van der Waals surface area (Å²) in [5.41, 5.74) is 4.17. The number of aromatic hydroxyl groups is 1. The SMILES string of the molecule is CCc1c(C)nc2cc(-c3ccc(-n4cc(C(=O)O)c(N(C(=O)[C@H]5CC[C@H](C)CC5)C(C)C)n4)cc3)nn2c1O. The molecule has 210 valence electrons. The van der Waals surface area contributed by atoms with Crippen molar-refractivity contribution in [2.75, 3.05) is 4.90 Å². The molecule has 4 aromatic rings. The standard InChI is InChI=1S/C30H36N6O4/c1-6-23-19(5)31-26-15-25(32-36(26)29(23)38)20-11-13-22(14-12-20)34-16-24(30(39)40)27(33-34)35(17(2)3)28(37)21-9-7-18(4)8-10-21/h11-18,21,38H,6-10H2,1-5H3,(H,39,40)/t18-,21-. The number of carbonyl (C=O) groups is 2. The zero-order chi connectivity index (χ0) is 28.7. The van der Waals surface area contributed by atoms with E-state index in [1.807, 2.05) is 58.0 Å². The lowest BCUT2D eigenvalue weighted by Crippen LogP contribution is -2.43. The van der Waals surface area contributed by atoms with E-state index in [9.17, 15) is 19.8 Å². The van der Waals surface area contributed by atoms with Gasteiger partial charge in [0.2, 0.25) is 11.8 Å². The van der Waals surface area contributed by atoms with Crippen LogP contribution in [0.5, 0.6) is 5.88 Å². The van der Waals surface area contributed by atoms with Crippen LogP contribution in [0.3, 0.4) is 0 Å². The fourth-order valence-electron chi connectivity index (χ4n) is 5.61. The first-order valence-electron chi connectivity index (χ1n) is 13.9. The molecule has 0 radical (unpaired) electrons. The van der Waals surface area contributed by atoms with Crippen molar-refractivity contribution in [3.05, 3.63) is 53.3 Å². The number of hydrogen-bond acceptors (Lipinski definition) is 6. The second-order valence-electron chi connectivity index (χ2n) is 11.1. The van der Waals surface area contributed by atoms with Gasteiger partial charge in [-0.3, -0.25) is 9.69 Å². The number of aryl methyl sites for hydroxylation is 1. The second kappa shape index (κ2) is 10.7. The van der Waals surface area contributed by atoms with Crippen LogP contribution in [-0.2, 0) is 11.2 Å². The molecule has 2 N–H and O–H groups in total. The Balaban J connectivity index is 1.47. The van der Waals surface area contributed by atoms with E-state index in [0.717, 1.165) is 42.5 Å². The molecule has 0 saturated heterocycles. The molecular weight excluding hydrogens is 508 g/mol. The summed E-state index contributed by atoms with van der Waals surface area (Å²) in [5.74, 6) is -0.457. The maximum absolute atomic E-state index is 13.6. The van der Waals surface area contributed by atoms with Crippen molar-refractivity contribution in [1.29, 1.82) is 0 Å². The molecule has 1 aliphatic carbocycles. The Morgan fingerprint density at radius 2 is 1.77 bits per heavy atom. The smallest absolute Gasteiger partial charge is 0.341 e. The number of carboxylic acids is 1. The van der Waals surface area contributed by atoms with E-state index in [1.54, 1.807) is 4.90 Å². The van der Waals surface area contributed by atoms with E-state index in [1.165, 1.54) is 15.4 Å². The molecule has 40 heavy (non-hydrogen) atoms. The molecule has 0 bridgehead atoms. The Bertz CT molecular complexity index is 1560. The predicted octanol–water partition coefficient (Wildman–Crippen LogP) is 5.42. The van der Waals surface area contributed by atoms with Crippen LogP contribution in [0.25, 0.3) is 22.6 Å². The van der Waals surface area contributed by atoms with E-state index >= 15 is 0 Å². The molecule has 10 heteroatoms. The van der Waals surface area contributed by atoms with Crippen molar-refractivity contribution in [2.45, 2.75) is 72.8 Å². The largest absolute Gasteiger partial charge is 0.493 e. The summed E-state index contributed by atoms with van der Waals surface area (Å²) in [6, 6.07) is 8.93. The number of nitrogens with zero attached hydrogens (tertiary/aromatic N) is 6. The monoisotopic (exact) mass is 544 g/mol. The number of rotatable bonds is 7. The van der Waals surface area contributed by atoms with Crippen LogP contribution in [0.2, 0.25) is 0 Å². The minimum absolute atomic E-state index is 0.0145. The highest BCUT2D eigenvalue weighted by Gasteiger charge is 2.34. The second-order valence-corrected chi connectivity index (χ2v) is 11.1. The molecule has 1 aromatic carbocycles. The third-order valence-electron chi connectivity index (χ3n) is 7.93. The van der Waals surface area contributed by atoms with Crippen LogP contribution in [0.1, 0.15) is 75.0 Å². The van der Waals surface area contributed by atoms with Gasteiger partial charge >= 0.3 is 5.97 Å². The summed E-state index contributed by atoms with van der Waals surface area (Å²) in [6.07, 6.45) is 5.72. The van der Waals surface area contributed by atoms with Crippen molar-refractivity contribution in [2.24, 2.45) is 11.8 Å². The molecule has 3 aromatic heterocycles. The molecule has 0 atom stereocenters. The van der Waals surface area contributed by atoms with Gasteiger partial charge in [-0.15, -0.1) is 5.10 Å². The molecule has 0 spiro atoms. The van der Waals surface area contributed by atoms with Gasteiger partial charge in [0.1, 0.15) is 5.56 Å². The minimum Gasteiger partial charge on any atom is -0.493 e. The van der Waals surface area contributed by atoms with Crippen LogP contribution in [-0.4, -0.2) is 52.5 Å². The van der Waals surface area contributed by atoms with E-state index in [2.05, 4.69) is 22.1 Å². The summed E-state index contributed by atoms with van der Waals surface area (Å²) in [6.45, 7) is 9.80. The van der Waals surface area contributed by atoms with Crippen molar-refractivity contribution in [1.82, 2.24) is 24.4 Å². The fourth-order valence-corrected chi connectivity index (χ4v) is 5.61. The Kier molecular flexibility index (Phi) is 7.35. The molecule has 0 aliphatic heterocycles. The maximum Gasteiger partial charge on any atom is 0.341 e. The first-order valence-corrected chi connectivity index (χ1v) is 13.9. The average molecular weight is 545 g/mol. The zero-order valence-corrected chi connectivity index (χ0v) is 23.6.